The van der Waals surface area contributed by atoms with Crippen molar-refractivity contribution < 1.29 is 42.6 Å². The molecule has 0 radical (unpaired) electrons. The molecule has 0 N–H and O–H groups in total. The molecule has 2 saturated heterocycles. The number of ether oxygens (including phenoxy) is 9. The lowest BCUT2D eigenvalue weighted by Crippen LogP contribution is -2.40. The standard InChI is InChI=1S/C18H34O9/c1-19-17(20-2,21-3)9-7-13(15-11-25-15)27-14(16-12-26-16)8-10-18(22-4,23-5)24-6/h13-16H,7-12H2,1-6H3. The van der Waals surface area contributed by atoms with Gasteiger partial charge in [0.25, 0.3) is 11.9 Å². The van der Waals surface area contributed by atoms with Gasteiger partial charge in [0.15, 0.2) is 0 Å². The van der Waals surface area contributed by atoms with E-state index in [0.717, 1.165) is 0 Å². The fourth-order valence-corrected chi connectivity index (χ4v) is 3.20. The lowest BCUT2D eigenvalue weighted by molar-refractivity contribution is -0.358. The van der Waals surface area contributed by atoms with E-state index in [-0.39, 0.29) is 24.4 Å². The van der Waals surface area contributed by atoms with Gasteiger partial charge in [-0.25, -0.2) is 0 Å². The monoisotopic (exact) mass is 394 g/mol. The number of epoxide rings is 2. The molecule has 2 aliphatic heterocycles. The molecule has 0 bridgehead atoms. The van der Waals surface area contributed by atoms with Gasteiger partial charge < -0.3 is 42.6 Å². The lowest BCUT2D eigenvalue weighted by Gasteiger charge is -2.32. The zero-order valence-corrected chi connectivity index (χ0v) is 17.2. The SMILES string of the molecule is COC(CCC(OC(CCC(OC)(OC)OC)C1CO1)C1CO1)(OC)OC. The summed E-state index contributed by atoms with van der Waals surface area (Å²) in [5.41, 5.74) is 0. The summed E-state index contributed by atoms with van der Waals surface area (Å²) >= 11 is 0. The molecule has 0 aromatic carbocycles. The summed E-state index contributed by atoms with van der Waals surface area (Å²) < 4.78 is 49.6. The van der Waals surface area contributed by atoms with Crippen molar-refractivity contribution >= 4 is 0 Å². The fraction of sp³-hybridized carbons (Fsp3) is 1.00. The lowest BCUT2D eigenvalue weighted by atomic mass is 10.1. The van der Waals surface area contributed by atoms with Crippen LogP contribution in [0.4, 0.5) is 0 Å². The molecule has 2 rings (SSSR count). The van der Waals surface area contributed by atoms with Crippen LogP contribution >= 0.6 is 0 Å². The van der Waals surface area contributed by atoms with E-state index < -0.39 is 11.9 Å². The molecule has 9 heteroatoms. The number of rotatable bonds is 16. The van der Waals surface area contributed by atoms with E-state index in [1.54, 1.807) is 42.7 Å². The van der Waals surface area contributed by atoms with Crippen molar-refractivity contribution in [3.63, 3.8) is 0 Å². The summed E-state index contributed by atoms with van der Waals surface area (Å²) in [5, 5.41) is 0. The van der Waals surface area contributed by atoms with Crippen LogP contribution in [0.1, 0.15) is 25.7 Å². The van der Waals surface area contributed by atoms with E-state index in [2.05, 4.69) is 0 Å². The largest absolute Gasteiger partial charge is 0.370 e. The predicted octanol–water partition coefficient (Wildman–Crippen LogP) is 1.28. The minimum atomic E-state index is -1.08. The molecule has 0 spiro atoms. The molecule has 160 valence electrons. The number of methoxy groups -OCH3 is 6. The topological polar surface area (TPSA) is 89.7 Å². The van der Waals surface area contributed by atoms with Crippen LogP contribution in [-0.4, -0.2) is 92.2 Å². The second kappa shape index (κ2) is 10.4. The molecule has 0 aromatic rings. The van der Waals surface area contributed by atoms with Gasteiger partial charge in [-0.1, -0.05) is 0 Å². The molecule has 4 atom stereocenters. The molecule has 2 aliphatic rings. The Morgan fingerprint density at radius 1 is 0.667 bits per heavy atom. The van der Waals surface area contributed by atoms with Crippen molar-refractivity contribution in [1.29, 1.82) is 0 Å². The maximum absolute atomic E-state index is 6.37. The highest BCUT2D eigenvalue weighted by Crippen LogP contribution is 2.32. The van der Waals surface area contributed by atoms with Crippen LogP contribution in [0.5, 0.6) is 0 Å². The van der Waals surface area contributed by atoms with Gasteiger partial charge >= 0.3 is 0 Å². The van der Waals surface area contributed by atoms with E-state index in [1.807, 2.05) is 0 Å². The third kappa shape index (κ3) is 6.31. The quantitative estimate of drug-likeness (QED) is 0.284. The smallest absolute Gasteiger partial charge is 0.282 e. The third-order valence-electron chi connectivity index (χ3n) is 5.23. The van der Waals surface area contributed by atoms with Gasteiger partial charge in [-0.15, -0.1) is 0 Å². The van der Waals surface area contributed by atoms with Crippen LogP contribution in [0.15, 0.2) is 0 Å². The Hall–Kier alpha value is -0.360. The van der Waals surface area contributed by atoms with Gasteiger partial charge in [0.1, 0.15) is 12.2 Å². The van der Waals surface area contributed by atoms with Crippen molar-refractivity contribution in [2.75, 3.05) is 55.9 Å². The van der Waals surface area contributed by atoms with Gasteiger partial charge in [-0.3, -0.25) is 0 Å². The maximum Gasteiger partial charge on any atom is 0.282 e. The van der Waals surface area contributed by atoms with E-state index in [0.29, 0.717) is 38.9 Å². The first kappa shape index (κ1) is 22.9. The summed E-state index contributed by atoms with van der Waals surface area (Å²) in [5.74, 6) is -2.17. The highest BCUT2D eigenvalue weighted by molar-refractivity contribution is 4.87. The van der Waals surface area contributed by atoms with Crippen molar-refractivity contribution in [1.82, 2.24) is 0 Å². The Balaban J connectivity index is 1.93. The Morgan fingerprint density at radius 3 is 1.19 bits per heavy atom. The summed E-state index contributed by atoms with van der Waals surface area (Å²) in [6.45, 7) is 1.36. The minimum Gasteiger partial charge on any atom is -0.370 e. The van der Waals surface area contributed by atoms with E-state index in [9.17, 15) is 0 Å². The predicted molar refractivity (Wildman–Crippen MR) is 94.1 cm³/mol. The summed E-state index contributed by atoms with van der Waals surface area (Å²) in [6, 6.07) is 0. The second-order valence-electron chi connectivity index (χ2n) is 6.62. The Bertz CT molecular complexity index is 363. The van der Waals surface area contributed by atoms with Gasteiger partial charge in [0.05, 0.1) is 25.4 Å². The van der Waals surface area contributed by atoms with Crippen LogP contribution in [0.2, 0.25) is 0 Å². The van der Waals surface area contributed by atoms with Gasteiger partial charge in [0, 0.05) is 55.5 Å². The molecular weight excluding hydrogens is 360 g/mol. The summed E-state index contributed by atoms with van der Waals surface area (Å²) in [4.78, 5) is 0. The molecule has 9 nitrogen and oxygen atoms in total. The summed E-state index contributed by atoms with van der Waals surface area (Å²) in [7, 11) is 9.32. The van der Waals surface area contributed by atoms with Crippen molar-refractivity contribution in [3.8, 4) is 0 Å². The molecule has 27 heavy (non-hydrogen) atoms. The first-order valence-electron chi connectivity index (χ1n) is 9.20. The molecule has 0 amide bonds. The zero-order valence-electron chi connectivity index (χ0n) is 17.2. The van der Waals surface area contributed by atoms with Gasteiger partial charge in [0.2, 0.25) is 0 Å². The van der Waals surface area contributed by atoms with E-state index in [1.165, 1.54) is 0 Å². The molecule has 4 unspecified atom stereocenters. The minimum absolute atomic E-state index is 0.0616. The molecule has 0 aliphatic carbocycles. The molecule has 0 saturated carbocycles. The number of hydrogen-bond donors (Lipinski definition) is 0. The molecular formula is C18H34O9. The van der Waals surface area contributed by atoms with E-state index >= 15 is 0 Å². The van der Waals surface area contributed by atoms with Gasteiger partial charge in [-0.05, 0) is 12.8 Å². The fourth-order valence-electron chi connectivity index (χ4n) is 3.20. The van der Waals surface area contributed by atoms with E-state index in [4.69, 9.17) is 42.6 Å². The normalized spacial score (nSPS) is 24.7. The summed E-state index contributed by atoms with van der Waals surface area (Å²) in [6.07, 6.45) is 2.25. The van der Waals surface area contributed by atoms with Crippen LogP contribution in [0.25, 0.3) is 0 Å². The molecule has 2 heterocycles. The molecule has 2 fully saturated rings. The van der Waals surface area contributed by atoms with Crippen molar-refractivity contribution in [3.05, 3.63) is 0 Å². The van der Waals surface area contributed by atoms with Crippen LogP contribution in [0.3, 0.4) is 0 Å². The highest BCUT2D eigenvalue weighted by Gasteiger charge is 2.43. The van der Waals surface area contributed by atoms with Crippen molar-refractivity contribution in [2.24, 2.45) is 0 Å². The van der Waals surface area contributed by atoms with Crippen molar-refractivity contribution in [2.45, 2.75) is 62.0 Å². The zero-order chi connectivity index (χ0) is 19.9. The average Bonchev–Trinajstić information content (AvgIpc) is 3.60. The Morgan fingerprint density at radius 2 is 0.963 bits per heavy atom. The maximum atomic E-state index is 6.37. The highest BCUT2D eigenvalue weighted by atomic mass is 16.9. The number of hydrogen-bond acceptors (Lipinski definition) is 9. The first-order chi connectivity index (χ1) is 13.0. The average molecular weight is 394 g/mol. The third-order valence-corrected chi connectivity index (χ3v) is 5.23. The van der Waals surface area contributed by atoms with Crippen LogP contribution in [-0.2, 0) is 42.6 Å². The Labute approximate surface area is 161 Å². The van der Waals surface area contributed by atoms with Crippen LogP contribution < -0.4 is 0 Å². The second-order valence-corrected chi connectivity index (χ2v) is 6.62. The van der Waals surface area contributed by atoms with Crippen LogP contribution in [0, 0.1) is 0 Å². The Kier molecular flexibility index (Phi) is 8.85. The van der Waals surface area contributed by atoms with Gasteiger partial charge in [-0.2, -0.15) is 0 Å². The first-order valence-corrected chi connectivity index (χ1v) is 9.20. The molecule has 0 aromatic heterocycles.